The van der Waals surface area contributed by atoms with Crippen molar-refractivity contribution in [2.24, 2.45) is 5.41 Å². The van der Waals surface area contributed by atoms with Crippen molar-refractivity contribution >= 4 is 15.9 Å². The number of halogens is 1. The van der Waals surface area contributed by atoms with E-state index in [2.05, 4.69) is 33.4 Å². The highest BCUT2D eigenvalue weighted by atomic mass is 79.9. The van der Waals surface area contributed by atoms with Crippen LogP contribution in [0.5, 0.6) is 5.75 Å². The lowest BCUT2D eigenvalue weighted by atomic mass is 9.65. The molecule has 2 saturated carbocycles. The maximum Gasteiger partial charge on any atom is 0.119 e. The molecule has 0 saturated heterocycles. The monoisotopic (exact) mass is 323 g/mol. The van der Waals surface area contributed by atoms with Crippen molar-refractivity contribution in [2.45, 2.75) is 44.6 Å². The van der Waals surface area contributed by atoms with Gasteiger partial charge in [0.15, 0.2) is 0 Å². The third kappa shape index (κ3) is 3.14. The zero-order chi connectivity index (χ0) is 13.3. The molecule has 2 fully saturated rings. The summed E-state index contributed by atoms with van der Waals surface area (Å²) >= 11 is 3.68. The first-order valence-electron chi connectivity index (χ1n) is 7.27. The molecule has 0 bridgehead atoms. The Morgan fingerprint density at radius 2 is 2.16 bits per heavy atom. The van der Waals surface area contributed by atoms with E-state index in [0.717, 1.165) is 18.2 Å². The summed E-state index contributed by atoms with van der Waals surface area (Å²) in [5.41, 5.74) is 1.87. The highest BCUT2D eigenvalue weighted by Crippen LogP contribution is 2.45. The first-order chi connectivity index (χ1) is 9.21. The lowest BCUT2D eigenvalue weighted by molar-refractivity contribution is 0.129. The molecule has 2 aliphatic carbocycles. The van der Waals surface area contributed by atoms with Crippen LogP contribution in [0.25, 0.3) is 0 Å². The van der Waals surface area contributed by atoms with Gasteiger partial charge in [0, 0.05) is 17.1 Å². The van der Waals surface area contributed by atoms with E-state index < -0.39 is 0 Å². The molecule has 0 heterocycles. The van der Waals surface area contributed by atoms with Crippen LogP contribution in [0.4, 0.5) is 0 Å². The van der Waals surface area contributed by atoms with E-state index >= 15 is 0 Å². The number of ether oxygens (including phenoxy) is 1. The molecule has 19 heavy (non-hydrogen) atoms. The van der Waals surface area contributed by atoms with E-state index in [1.165, 1.54) is 48.7 Å². The second-order valence-corrected chi connectivity index (χ2v) is 7.00. The van der Waals surface area contributed by atoms with E-state index in [1.807, 2.05) is 6.07 Å². The molecule has 2 nitrogen and oxygen atoms in total. The minimum absolute atomic E-state index is 0.484. The smallest absolute Gasteiger partial charge is 0.119 e. The van der Waals surface area contributed by atoms with E-state index in [0.29, 0.717) is 5.41 Å². The van der Waals surface area contributed by atoms with Gasteiger partial charge in [0.2, 0.25) is 0 Å². The molecule has 0 aliphatic heterocycles. The van der Waals surface area contributed by atoms with Gasteiger partial charge < -0.3 is 10.1 Å². The van der Waals surface area contributed by atoms with E-state index in [4.69, 9.17) is 4.74 Å². The maximum absolute atomic E-state index is 5.35. The highest BCUT2D eigenvalue weighted by Gasteiger charge is 2.38. The summed E-state index contributed by atoms with van der Waals surface area (Å²) in [6, 6.07) is 7.12. The molecular formula is C16H22BrNO. The van der Waals surface area contributed by atoms with Crippen LogP contribution in [0.3, 0.4) is 0 Å². The zero-order valence-electron chi connectivity index (χ0n) is 11.5. The molecule has 1 N–H and O–H groups in total. The molecule has 0 aromatic heterocycles. The lowest BCUT2D eigenvalue weighted by Crippen LogP contribution is -2.42. The molecule has 0 spiro atoms. The molecule has 3 rings (SSSR count). The van der Waals surface area contributed by atoms with Crippen molar-refractivity contribution in [3.8, 4) is 5.75 Å². The van der Waals surface area contributed by atoms with Gasteiger partial charge in [0.25, 0.3) is 0 Å². The minimum atomic E-state index is 0.484. The summed E-state index contributed by atoms with van der Waals surface area (Å²) in [5.74, 6) is 0.961. The van der Waals surface area contributed by atoms with Crippen molar-refractivity contribution in [1.29, 1.82) is 0 Å². The minimum Gasteiger partial charge on any atom is -0.497 e. The SMILES string of the molecule is COc1ccc(Br)c(CC2(CNC3CC3)CCC2)c1. The predicted octanol–water partition coefficient (Wildman–Crippen LogP) is 3.92. The summed E-state index contributed by atoms with van der Waals surface area (Å²) in [6.45, 7) is 1.18. The molecule has 0 atom stereocenters. The maximum atomic E-state index is 5.35. The average Bonchev–Trinajstić information content (AvgIpc) is 3.18. The van der Waals surface area contributed by atoms with Crippen LogP contribution in [0.15, 0.2) is 22.7 Å². The Hall–Kier alpha value is -0.540. The predicted molar refractivity (Wildman–Crippen MR) is 81.7 cm³/mol. The van der Waals surface area contributed by atoms with Crippen molar-refractivity contribution in [3.05, 3.63) is 28.2 Å². The molecule has 1 aromatic carbocycles. The van der Waals surface area contributed by atoms with Crippen LogP contribution in [0, 0.1) is 5.41 Å². The fourth-order valence-corrected chi connectivity index (χ4v) is 3.35. The van der Waals surface area contributed by atoms with Gasteiger partial charge in [-0.25, -0.2) is 0 Å². The van der Waals surface area contributed by atoms with Crippen molar-refractivity contribution in [2.75, 3.05) is 13.7 Å². The second-order valence-electron chi connectivity index (χ2n) is 6.14. The van der Waals surface area contributed by atoms with Gasteiger partial charge in [-0.2, -0.15) is 0 Å². The number of hydrogen-bond donors (Lipinski definition) is 1. The number of nitrogens with one attached hydrogen (secondary N) is 1. The quantitative estimate of drug-likeness (QED) is 0.856. The molecule has 1 aromatic rings. The number of methoxy groups -OCH3 is 1. The van der Waals surface area contributed by atoms with Crippen molar-refractivity contribution in [3.63, 3.8) is 0 Å². The number of rotatable bonds is 6. The Morgan fingerprint density at radius 1 is 1.37 bits per heavy atom. The fraction of sp³-hybridized carbons (Fsp3) is 0.625. The first-order valence-corrected chi connectivity index (χ1v) is 8.06. The van der Waals surface area contributed by atoms with Crippen LogP contribution in [-0.4, -0.2) is 19.7 Å². The van der Waals surface area contributed by atoms with E-state index in [1.54, 1.807) is 7.11 Å². The molecular weight excluding hydrogens is 302 g/mol. The number of benzene rings is 1. The van der Waals surface area contributed by atoms with Crippen LogP contribution in [0.1, 0.15) is 37.7 Å². The van der Waals surface area contributed by atoms with Gasteiger partial charge >= 0.3 is 0 Å². The van der Waals surface area contributed by atoms with Crippen LogP contribution in [0.2, 0.25) is 0 Å². The Morgan fingerprint density at radius 3 is 2.74 bits per heavy atom. The molecule has 2 aliphatic rings. The third-order valence-corrected chi connectivity index (χ3v) is 5.35. The normalized spacial score (nSPS) is 20.9. The topological polar surface area (TPSA) is 21.3 Å². The summed E-state index contributed by atoms with van der Waals surface area (Å²) in [6.07, 6.45) is 8.00. The molecule has 0 amide bonds. The van der Waals surface area contributed by atoms with Gasteiger partial charge in [-0.15, -0.1) is 0 Å². The molecule has 0 unspecified atom stereocenters. The molecule has 0 radical (unpaired) electrons. The van der Waals surface area contributed by atoms with Crippen molar-refractivity contribution in [1.82, 2.24) is 5.32 Å². The zero-order valence-corrected chi connectivity index (χ0v) is 13.1. The van der Waals surface area contributed by atoms with Gasteiger partial charge in [0.05, 0.1) is 7.11 Å². The summed E-state index contributed by atoms with van der Waals surface area (Å²) in [4.78, 5) is 0. The number of hydrogen-bond acceptors (Lipinski definition) is 2. The molecule has 104 valence electrons. The van der Waals surface area contributed by atoms with Gasteiger partial charge in [-0.3, -0.25) is 0 Å². The molecule has 3 heteroatoms. The second kappa shape index (κ2) is 5.45. The van der Waals surface area contributed by atoms with Gasteiger partial charge in [0.1, 0.15) is 5.75 Å². The van der Waals surface area contributed by atoms with Crippen LogP contribution < -0.4 is 10.1 Å². The standard InChI is InChI=1S/C16H22BrNO/c1-19-14-5-6-15(17)12(9-14)10-16(7-2-8-16)11-18-13-3-4-13/h5-6,9,13,18H,2-4,7-8,10-11H2,1H3. The van der Waals surface area contributed by atoms with Gasteiger partial charge in [-0.1, -0.05) is 22.4 Å². The van der Waals surface area contributed by atoms with E-state index in [-0.39, 0.29) is 0 Å². The van der Waals surface area contributed by atoms with Crippen molar-refractivity contribution < 1.29 is 4.74 Å². The Kier molecular flexibility index (Phi) is 3.86. The summed E-state index contributed by atoms with van der Waals surface area (Å²) < 4.78 is 6.56. The summed E-state index contributed by atoms with van der Waals surface area (Å²) in [7, 11) is 1.74. The van der Waals surface area contributed by atoms with Crippen LogP contribution >= 0.6 is 15.9 Å². The fourth-order valence-electron chi connectivity index (χ4n) is 2.96. The average molecular weight is 324 g/mol. The Labute approximate surface area is 124 Å². The Balaban J connectivity index is 1.70. The van der Waals surface area contributed by atoms with E-state index in [9.17, 15) is 0 Å². The summed E-state index contributed by atoms with van der Waals surface area (Å²) in [5, 5.41) is 3.72. The largest absolute Gasteiger partial charge is 0.497 e. The Bertz CT molecular complexity index is 452. The van der Waals surface area contributed by atoms with Crippen LogP contribution in [-0.2, 0) is 6.42 Å². The lowest BCUT2D eigenvalue weighted by Gasteiger charge is -2.43. The third-order valence-electron chi connectivity index (χ3n) is 4.58. The first kappa shape index (κ1) is 13.4. The van der Waals surface area contributed by atoms with Gasteiger partial charge in [-0.05, 0) is 61.3 Å². The highest BCUT2D eigenvalue weighted by molar-refractivity contribution is 9.10.